The first-order valence-corrected chi connectivity index (χ1v) is 8.65. The number of benzene rings is 1. The van der Waals surface area contributed by atoms with Crippen LogP contribution in [-0.4, -0.2) is 26.1 Å². The van der Waals surface area contributed by atoms with E-state index >= 15 is 0 Å². The van der Waals surface area contributed by atoms with E-state index < -0.39 is 0 Å². The van der Waals surface area contributed by atoms with Gasteiger partial charge in [-0.15, -0.1) is 5.10 Å². The van der Waals surface area contributed by atoms with Crippen LogP contribution in [0.4, 0.5) is 0 Å². The van der Waals surface area contributed by atoms with E-state index in [-0.39, 0.29) is 17.4 Å². The number of rotatable bonds is 3. The number of aromatic nitrogens is 4. The van der Waals surface area contributed by atoms with Crippen LogP contribution in [0.1, 0.15) is 53.8 Å². The fraction of sp³-hybridized carbons (Fsp3) is 0.368. The number of furan rings is 1. The minimum Gasteiger partial charge on any atom is -0.466 e. The first kappa shape index (κ1) is 16.5. The first-order valence-electron chi connectivity index (χ1n) is 8.65. The highest BCUT2D eigenvalue weighted by molar-refractivity contribution is 5.98. The summed E-state index contributed by atoms with van der Waals surface area (Å²) in [4.78, 5) is 13.0. The number of para-hydroxylation sites is 1. The van der Waals surface area contributed by atoms with Gasteiger partial charge in [0, 0.05) is 12.0 Å². The van der Waals surface area contributed by atoms with Gasteiger partial charge in [-0.05, 0) is 47.4 Å². The average molecular weight is 351 g/mol. The molecular weight excluding hydrogens is 330 g/mol. The van der Waals surface area contributed by atoms with Crippen LogP contribution >= 0.6 is 0 Å². The molecule has 1 N–H and O–H groups in total. The molecule has 1 amide bonds. The molecule has 0 bridgehead atoms. The Bertz CT molecular complexity index is 943. The summed E-state index contributed by atoms with van der Waals surface area (Å²) >= 11 is 0. The van der Waals surface area contributed by atoms with E-state index in [9.17, 15) is 4.79 Å². The predicted molar refractivity (Wildman–Crippen MR) is 94.9 cm³/mol. The van der Waals surface area contributed by atoms with E-state index in [4.69, 9.17) is 4.42 Å². The SMILES string of the molecule is Cc1cc2c(o1)CC(C)(C)C[C@H]2NC(=O)c1ccccc1-n1cnnn1. The Morgan fingerprint density at radius 1 is 1.35 bits per heavy atom. The number of nitrogens with zero attached hydrogens (tertiary/aromatic N) is 4. The number of carbonyl (C=O) groups excluding carboxylic acids is 1. The number of hydrogen-bond donors (Lipinski definition) is 1. The molecule has 1 atom stereocenters. The van der Waals surface area contributed by atoms with Crippen LogP contribution in [-0.2, 0) is 6.42 Å². The molecule has 134 valence electrons. The lowest BCUT2D eigenvalue weighted by molar-refractivity contribution is 0.0917. The molecule has 0 unspecified atom stereocenters. The van der Waals surface area contributed by atoms with Gasteiger partial charge >= 0.3 is 0 Å². The zero-order chi connectivity index (χ0) is 18.3. The van der Waals surface area contributed by atoms with Crippen LogP contribution in [0.25, 0.3) is 5.69 Å². The Labute approximate surface area is 151 Å². The second kappa shape index (κ2) is 6.09. The standard InChI is InChI=1S/C19H21N5O2/c1-12-8-14-15(9-19(2,3)10-17(14)26-12)21-18(25)13-6-4-5-7-16(13)24-11-20-22-23-24/h4-8,11,15H,9-10H2,1-3H3,(H,21,25)/t15-/m1/s1. The van der Waals surface area contributed by atoms with Crippen LogP contribution < -0.4 is 5.32 Å². The molecule has 26 heavy (non-hydrogen) atoms. The molecule has 0 radical (unpaired) electrons. The third-order valence-electron chi connectivity index (χ3n) is 4.79. The maximum atomic E-state index is 13.0. The first-order chi connectivity index (χ1) is 12.4. The third kappa shape index (κ3) is 3.00. The lowest BCUT2D eigenvalue weighted by atomic mass is 9.74. The van der Waals surface area contributed by atoms with Crippen LogP contribution in [0.15, 0.2) is 41.1 Å². The van der Waals surface area contributed by atoms with Gasteiger partial charge in [-0.3, -0.25) is 4.79 Å². The number of nitrogens with one attached hydrogen (secondary N) is 1. The Kier molecular flexibility index (Phi) is 3.86. The molecule has 0 spiro atoms. The zero-order valence-electron chi connectivity index (χ0n) is 15.1. The van der Waals surface area contributed by atoms with E-state index in [1.807, 2.05) is 31.2 Å². The van der Waals surface area contributed by atoms with Crippen LogP contribution in [0.2, 0.25) is 0 Å². The molecule has 1 aromatic carbocycles. The number of hydrogen-bond acceptors (Lipinski definition) is 5. The molecule has 2 heterocycles. The average Bonchev–Trinajstić information content (AvgIpc) is 3.23. The number of tetrazole rings is 1. The summed E-state index contributed by atoms with van der Waals surface area (Å²) in [6, 6.07) is 9.24. The van der Waals surface area contributed by atoms with Gasteiger partial charge in [0.25, 0.3) is 5.91 Å². The van der Waals surface area contributed by atoms with Gasteiger partial charge in [0.15, 0.2) is 0 Å². The van der Waals surface area contributed by atoms with Gasteiger partial charge in [-0.2, -0.15) is 4.68 Å². The molecule has 7 nitrogen and oxygen atoms in total. The Hall–Kier alpha value is -2.96. The smallest absolute Gasteiger partial charge is 0.253 e. The summed E-state index contributed by atoms with van der Waals surface area (Å²) in [5, 5.41) is 14.4. The normalized spacial score (nSPS) is 18.3. The second-order valence-electron chi connectivity index (χ2n) is 7.58. The fourth-order valence-corrected chi connectivity index (χ4v) is 3.69. The van der Waals surface area contributed by atoms with Crippen molar-refractivity contribution in [3.8, 4) is 5.69 Å². The zero-order valence-corrected chi connectivity index (χ0v) is 15.1. The monoisotopic (exact) mass is 351 g/mol. The minimum absolute atomic E-state index is 0.0601. The van der Waals surface area contributed by atoms with Crippen LogP contribution in [0.3, 0.4) is 0 Å². The summed E-state index contributed by atoms with van der Waals surface area (Å²) < 4.78 is 7.35. The Morgan fingerprint density at radius 2 is 2.15 bits per heavy atom. The number of carbonyl (C=O) groups is 1. The van der Waals surface area contributed by atoms with E-state index in [1.54, 1.807) is 6.07 Å². The maximum Gasteiger partial charge on any atom is 0.253 e. The van der Waals surface area contributed by atoms with Crippen molar-refractivity contribution in [3.05, 3.63) is 59.3 Å². The highest BCUT2D eigenvalue weighted by Crippen LogP contribution is 2.42. The summed E-state index contributed by atoms with van der Waals surface area (Å²) in [5.41, 5.74) is 2.32. The largest absolute Gasteiger partial charge is 0.466 e. The predicted octanol–water partition coefficient (Wildman–Crippen LogP) is 3.01. The lowest BCUT2D eigenvalue weighted by Crippen LogP contribution is -2.36. The van der Waals surface area contributed by atoms with Crippen LogP contribution in [0, 0.1) is 12.3 Å². The van der Waals surface area contributed by atoms with Crippen molar-refractivity contribution >= 4 is 5.91 Å². The van der Waals surface area contributed by atoms with Gasteiger partial charge in [0.05, 0.1) is 17.3 Å². The summed E-state index contributed by atoms with van der Waals surface area (Å²) in [7, 11) is 0. The summed E-state index contributed by atoms with van der Waals surface area (Å²) in [5.74, 6) is 1.70. The van der Waals surface area contributed by atoms with Crippen molar-refractivity contribution in [1.82, 2.24) is 25.5 Å². The van der Waals surface area contributed by atoms with Crippen molar-refractivity contribution in [1.29, 1.82) is 0 Å². The molecule has 1 aliphatic rings. The molecule has 0 saturated carbocycles. The number of fused-ring (bicyclic) bond motifs is 1. The molecule has 4 rings (SSSR count). The molecule has 7 heteroatoms. The van der Waals surface area contributed by atoms with Gasteiger partial charge in [0.1, 0.15) is 17.8 Å². The lowest BCUT2D eigenvalue weighted by Gasteiger charge is -2.34. The highest BCUT2D eigenvalue weighted by atomic mass is 16.3. The molecule has 0 saturated heterocycles. The highest BCUT2D eigenvalue weighted by Gasteiger charge is 2.35. The van der Waals surface area contributed by atoms with Crippen molar-refractivity contribution in [2.75, 3.05) is 0 Å². The van der Waals surface area contributed by atoms with Crippen molar-refractivity contribution in [2.45, 2.75) is 39.7 Å². The van der Waals surface area contributed by atoms with E-state index in [1.165, 1.54) is 11.0 Å². The maximum absolute atomic E-state index is 13.0. The molecular formula is C19H21N5O2. The van der Waals surface area contributed by atoms with Gasteiger partial charge < -0.3 is 9.73 Å². The molecule has 0 fully saturated rings. The molecule has 0 aliphatic heterocycles. The fourth-order valence-electron chi connectivity index (χ4n) is 3.69. The van der Waals surface area contributed by atoms with Gasteiger partial charge in [-0.1, -0.05) is 26.0 Å². The second-order valence-corrected chi connectivity index (χ2v) is 7.58. The summed E-state index contributed by atoms with van der Waals surface area (Å²) in [6.07, 6.45) is 3.22. The van der Waals surface area contributed by atoms with E-state index in [0.29, 0.717) is 11.3 Å². The van der Waals surface area contributed by atoms with Crippen molar-refractivity contribution in [3.63, 3.8) is 0 Å². The number of aryl methyl sites for hydroxylation is 1. The molecule has 3 aromatic rings. The molecule has 1 aliphatic carbocycles. The Balaban J connectivity index is 1.65. The van der Waals surface area contributed by atoms with Crippen molar-refractivity contribution in [2.24, 2.45) is 5.41 Å². The third-order valence-corrected chi connectivity index (χ3v) is 4.79. The Morgan fingerprint density at radius 3 is 2.92 bits per heavy atom. The number of amides is 1. The van der Waals surface area contributed by atoms with Gasteiger partial charge in [-0.25, -0.2) is 0 Å². The minimum atomic E-state index is -0.149. The quantitative estimate of drug-likeness (QED) is 0.784. The van der Waals surface area contributed by atoms with E-state index in [2.05, 4.69) is 34.7 Å². The summed E-state index contributed by atoms with van der Waals surface area (Å²) in [6.45, 7) is 6.33. The van der Waals surface area contributed by atoms with Crippen molar-refractivity contribution < 1.29 is 9.21 Å². The van der Waals surface area contributed by atoms with Crippen LogP contribution in [0.5, 0.6) is 0 Å². The molecule has 2 aromatic heterocycles. The topological polar surface area (TPSA) is 85.8 Å². The van der Waals surface area contributed by atoms with Gasteiger partial charge in [0.2, 0.25) is 0 Å². The van der Waals surface area contributed by atoms with E-state index in [0.717, 1.165) is 29.9 Å².